The number of hydrogen-bond donors (Lipinski definition) is 0. The summed E-state index contributed by atoms with van der Waals surface area (Å²) in [5.74, 6) is 2.05. The number of carbonyl (C=O) groups is 1. The van der Waals surface area contributed by atoms with Crippen molar-refractivity contribution in [2.24, 2.45) is 0 Å². The smallest absolute Gasteiger partial charge is 0.235 e. The second-order valence-corrected chi connectivity index (χ2v) is 8.25. The maximum Gasteiger partial charge on any atom is 0.235 e. The monoisotopic (exact) mass is 405 g/mol. The molecule has 152 valence electrons. The first kappa shape index (κ1) is 20.5. The lowest BCUT2D eigenvalue weighted by molar-refractivity contribution is -0.130. The molecular weight excluding hydrogens is 378 g/mol. The van der Waals surface area contributed by atoms with Crippen molar-refractivity contribution in [1.82, 2.24) is 14.8 Å². The Morgan fingerprint density at radius 1 is 1.21 bits per heavy atom. The number of nitrogens with zero attached hydrogens (tertiary/aromatic N) is 3. The van der Waals surface area contributed by atoms with Crippen LogP contribution < -0.4 is 4.74 Å². The lowest BCUT2D eigenvalue weighted by Crippen LogP contribution is -2.49. The van der Waals surface area contributed by atoms with Crippen LogP contribution in [0.5, 0.6) is 5.75 Å². The minimum absolute atomic E-state index is 0.0241. The molecule has 0 spiro atoms. The third-order valence-corrected chi connectivity index (χ3v) is 6.15. The van der Waals surface area contributed by atoms with Gasteiger partial charge in [0, 0.05) is 42.5 Å². The van der Waals surface area contributed by atoms with Gasteiger partial charge in [-0.25, -0.2) is 4.98 Å². The molecule has 1 aromatic heterocycles. The molecule has 0 aliphatic carbocycles. The number of methoxy groups -OCH3 is 1. The van der Waals surface area contributed by atoms with Crippen molar-refractivity contribution in [3.63, 3.8) is 0 Å². The summed E-state index contributed by atoms with van der Waals surface area (Å²) < 4.78 is 23.4. The molecule has 3 rings (SSSR count). The molecule has 1 fully saturated rings. The van der Waals surface area contributed by atoms with E-state index in [1.807, 2.05) is 29.2 Å². The molecule has 1 amide bonds. The van der Waals surface area contributed by atoms with Gasteiger partial charge in [0.25, 0.3) is 0 Å². The Morgan fingerprint density at radius 3 is 2.50 bits per heavy atom. The van der Waals surface area contributed by atoms with Gasteiger partial charge in [-0.2, -0.15) is 0 Å². The van der Waals surface area contributed by atoms with Gasteiger partial charge in [-0.1, -0.05) is 6.92 Å². The number of aromatic nitrogens is 1. The second kappa shape index (κ2) is 9.34. The fourth-order valence-electron chi connectivity index (χ4n) is 3.17. The van der Waals surface area contributed by atoms with Gasteiger partial charge in [-0.05, 0) is 37.7 Å². The van der Waals surface area contributed by atoms with Crippen LogP contribution in [0.1, 0.15) is 18.4 Å². The molecule has 0 unspecified atom stereocenters. The minimum atomic E-state index is -1.32. The normalized spacial score (nSPS) is 16.2. The molecule has 0 bridgehead atoms. The number of hydrogen-bond acceptors (Lipinski definition) is 6. The predicted molar refractivity (Wildman–Crippen MR) is 109 cm³/mol. The van der Waals surface area contributed by atoms with Gasteiger partial charge in [-0.15, -0.1) is 0 Å². The minimum Gasteiger partial charge on any atom is -0.497 e. The molecule has 2 heterocycles. The summed E-state index contributed by atoms with van der Waals surface area (Å²) in [6.45, 7) is 8.08. The number of oxazole rings is 1. The van der Waals surface area contributed by atoms with E-state index in [1.165, 1.54) is 0 Å². The van der Waals surface area contributed by atoms with Crippen molar-refractivity contribution in [2.45, 2.75) is 19.6 Å². The summed E-state index contributed by atoms with van der Waals surface area (Å²) in [6.07, 6.45) is 0. The number of ether oxygens (including phenoxy) is 1. The maximum atomic E-state index is 12.5. The van der Waals surface area contributed by atoms with Crippen LogP contribution in [0.15, 0.2) is 28.7 Å². The van der Waals surface area contributed by atoms with Crippen LogP contribution >= 0.6 is 0 Å². The van der Waals surface area contributed by atoms with Gasteiger partial charge >= 0.3 is 0 Å². The van der Waals surface area contributed by atoms with E-state index in [-0.39, 0.29) is 17.4 Å². The standard InChI is InChI=1S/C20H27N3O4S/c1-4-22-9-11-23(12-10-22)19(24)14-28(25)13-18-15(2)27-20(21-18)16-5-7-17(26-3)8-6-16/h5-8H,4,9-14H2,1-3H3/t28-/m1/s1. The summed E-state index contributed by atoms with van der Waals surface area (Å²) >= 11 is 0. The average Bonchev–Trinajstić information content (AvgIpc) is 3.08. The number of carbonyl (C=O) groups excluding carboxylic acids is 1. The molecule has 0 N–H and O–H groups in total. The zero-order valence-corrected chi connectivity index (χ0v) is 17.5. The van der Waals surface area contributed by atoms with Crippen molar-refractivity contribution in [1.29, 1.82) is 0 Å². The molecule has 1 aliphatic rings. The van der Waals surface area contributed by atoms with Gasteiger partial charge in [-0.3, -0.25) is 9.00 Å². The van der Waals surface area contributed by atoms with Crippen LogP contribution in [0.2, 0.25) is 0 Å². The fraction of sp³-hybridized carbons (Fsp3) is 0.500. The van der Waals surface area contributed by atoms with Crippen LogP contribution in [-0.4, -0.2) is 70.5 Å². The second-order valence-electron chi connectivity index (χ2n) is 6.79. The lowest BCUT2D eigenvalue weighted by atomic mass is 10.2. The molecule has 1 atom stereocenters. The molecule has 8 heteroatoms. The lowest BCUT2D eigenvalue weighted by Gasteiger charge is -2.34. The van der Waals surface area contributed by atoms with E-state index in [2.05, 4.69) is 16.8 Å². The van der Waals surface area contributed by atoms with Crippen LogP contribution in [0.25, 0.3) is 11.5 Å². The zero-order chi connectivity index (χ0) is 20.1. The molecule has 1 aliphatic heterocycles. The molecule has 7 nitrogen and oxygen atoms in total. The van der Waals surface area contributed by atoms with E-state index in [1.54, 1.807) is 14.0 Å². The van der Waals surface area contributed by atoms with Crippen LogP contribution in [0, 0.1) is 6.92 Å². The summed E-state index contributed by atoms with van der Waals surface area (Å²) in [6, 6.07) is 7.40. The van der Waals surface area contributed by atoms with Gasteiger partial charge in [0.05, 0.1) is 18.6 Å². The predicted octanol–water partition coefficient (Wildman–Crippen LogP) is 2.07. The van der Waals surface area contributed by atoms with Gasteiger partial charge < -0.3 is 19.0 Å². The van der Waals surface area contributed by atoms with Crippen molar-refractivity contribution < 1.29 is 18.2 Å². The zero-order valence-electron chi connectivity index (χ0n) is 16.6. The van der Waals surface area contributed by atoms with E-state index in [9.17, 15) is 9.00 Å². The topological polar surface area (TPSA) is 75.9 Å². The SMILES string of the molecule is CCN1CCN(C(=O)C[S@](=O)Cc2nc(-c3ccc(OC)cc3)oc2C)CC1. The third kappa shape index (κ3) is 4.99. The Labute approximate surface area is 168 Å². The maximum absolute atomic E-state index is 12.5. The van der Waals surface area contributed by atoms with E-state index < -0.39 is 10.8 Å². The largest absolute Gasteiger partial charge is 0.497 e. The number of rotatable bonds is 7. The number of piperazine rings is 1. The van der Waals surface area contributed by atoms with Gasteiger partial charge in [0.1, 0.15) is 17.3 Å². The molecule has 1 saturated heterocycles. The number of likely N-dealkylation sites (N-methyl/N-ethyl adjacent to an activating group) is 1. The summed E-state index contributed by atoms with van der Waals surface area (Å²) in [7, 11) is 0.295. The fourth-order valence-corrected chi connectivity index (χ4v) is 4.30. The Kier molecular flexibility index (Phi) is 6.85. The van der Waals surface area contributed by atoms with E-state index >= 15 is 0 Å². The van der Waals surface area contributed by atoms with Gasteiger partial charge in [0.15, 0.2) is 0 Å². The van der Waals surface area contributed by atoms with Crippen LogP contribution in [0.3, 0.4) is 0 Å². The highest BCUT2D eigenvalue weighted by Gasteiger charge is 2.22. The van der Waals surface area contributed by atoms with Crippen LogP contribution in [0.4, 0.5) is 0 Å². The number of benzene rings is 1. The average molecular weight is 406 g/mol. The quantitative estimate of drug-likeness (QED) is 0.702. The first-order chi connectivity index (χ1) is 13.5. The Balaban J connectivity index is 1.58. The highest BCUT2D eigenvalue weighted by molar-refractivity contribution is 7.84. The molecule has 0 radical (unpaired) electrons. The van der Waals surface area contributed by atoms with E-state index in [0.29, 0.717) is 30.4 Å². The van der Waals surface area contributed by atoms with E-state index in [0.717, 1.165) is 30.9 Å². The van der Waals surface area contributed by atoms with Crippen molar-refractivity contribution in [3.05, 3.63) is 35.7 Å². The number of aryl methyl sites for hydroxylation is 1. The van der Waals surface area contributed by atoms with Gasteiger partial charge in [0.2, 0.25) is 11.8 Å². The van der Waals surface area contributed by atoms with Crippen molar-refractivity contribution >= 4 is 16.7 Å². The molecule has 28 heavy (non-hydrogen) atoms. The van der Waals surface area contributed by atoms with Crippen LogP contribution in [-0.2, 0) is 21.3 Å². The van der Waals surface area contributed by atoms with Crippen molar-refractivity contribution in [3.8, 4) is 17.2 Å². The Bertz CT molecular complexity index is 826. The van der Waals surface area contributed by atoms with Crippen molar-refractivity contribution in [2.75, 3.05) is 45.6 Å². The number of amides is 1. The third-order valence-electron chi connectivity index (χ3n) is 4.98. The molecule has 0 saturated carbocycles. The van der Waals surface area contributed by atoms with E-state index in [4.69, 9.17) is 9.15 Å². The highest BCUT2D eigenvalue weighted by Crippen LogP contribution is 2.24. The summed E-state index contributed by atoms with van der Waals surface area (Å²) in [5, 5.41) is 0. The highest BCUT2D eigenvalue weighted by atomic mass is 32.2. The first-order valence-electron chi connectivity index (χ1n) is 9.46. The molecule has 1 aromatic carbocycles. The Morgan fingerprint density at radius 2 is 1.89 bits per heavy atom. The molecule has 2 aromatic rings. The Hall–Kier alpha value is -2.19. The summed E-state index contributed by atoms with van der Waals surface area (Å²) in [4.78, 5) is 21.0. The summed E-state index contributed by atoms with van der Waals surface area (Å²) in [5.41, 5.74) is 1.46. The first-order valence-corrected chi connectivity index (χ1v) is 10.9. The molecular formula is C20H27N3O4S.